The zero-order valence-corrected chi connectivity index (χ0v) is 18.7. The van der Waals surface area contributed by atoms with Crippen molar-refractivity contribution in [2.75, 3.05) is 6.61 Å². The Kier molecular flexibility index (Phi) is 11.0. The van der Waals surface area contributed by atoms with Crippen LogP contribution in [0, 0.1) is 5.92 Å². The van der Waals surface area contributed by atoms with Gasteiger partial charge in [0.15, 0.2) is 0 Å². The third-order valence-electron chi connectivity index (χ3n) is 4.12. The van der Waals surface area contributed by atoms with Crippen LogP contribution in [0.1, 0.15) is 33.6 Å². The molecule has 0 fully saturated rings. The molecule has 0 bridgehead atoms. The lowest BCUT2D eigenvalue weighted by atomic mass is 10.0. The van der Waals surface area contributed by atoms with Gasteiger partial charge >= 0.3 is 11.9 Å². The molecule has 10 heteroatoms. The van der Waals surface area contributed by atoms with Crippen molar-refractivity contribution in [2.24, 2.45) is 11.7 Å². The van der Waals surface area contributed by atoms with Gasteiger partial charge < -0.3 is 26.2 Å². The van der Waals surface area contributed by atoms with Gasteiger partial charge in [-0.15, -0.1) is 0 Å². The van der Waals surface area contributed by atoms with E-state index in [0.717, 1.165) is 6.04 Å². The quantitative estimate of drug-likeness (QED) is 0.270. The summed E-state index contributed by atoms with van der Waals surface area (Å²) in [6.45, 7) is 11.7. The Morgan fingerprint density at radius 2 is 1.61 bits per heavy atom. The molecule has 0 aliphatic rings. The highest BCUT2D eigenvalue weighted by Gasteiger charge is 2.28. The largest absolute Gasteiger partial charge is 0.481 e. The third-order valence-corrected chi connectivity index (χ3v) is 5.82. The molecule has 162 valence electrons. The number of carbonyl (C=O) groups is 4. The second kappa shape index (κ2) is 11.8. The van der Waals surface area contributed by atoms with Crippen LogP contribution >= 0.6 is 0 Å². The predicted molar refractivity (Wildman–Crippen MR) is 108 cm³/mol. The Morgan fingerprint density at radius 3 is 2.07 bits per heavy atom. The maximum absolute atomic E-state index is 12.3. The number of amides is 2. The Labute approximate surface area is 167 Å². The highest BCUT2D eigenvalue weighted by Crippen LogP contribution is 2.09. The number of carboxylic acids is 1. The van der Waals surface area contributed by atoms with Crippen LogP contribution in [0.15, 0.2) is 0 Å². The Morgan fingerprint density at radius 1 is 1.04 bits per heavy atom. The number of carbonyl (C=O) groups excluding carboxylic acids is 3. The SMILES string of the molecule is CC(NC(=O)C(N)C(C)C)C(=O)NC(CCC(=O)O)C(=O)OCC[Si](C)(C)C. The molecule has 3 atom stereocenters. The molecule has 2 amide bonds. The third kappa shape index (κ3) is 11.0. The van der Waals surface area contributed by atoms with Crippen molar-refractivity contribution < 1.29 is 29.0 Å². The summed E-state index contributed by atoms with van der Waals surface area (Å²) in [6.07, 6.45) is -0.397. The van der Waals surface area contributed by atoms with E-state index < -0.39 is 50.0 Å². The summed E-state index contributed by atoms with van der Waals surface area (Å²) in [7, 11) is -1.40. The molecule has 3 unspecified atom stereocenters. The molecule has 0 aliphatic heterocycles. The topological polar surface area (TPSA) is 148 Å². The fourth-order valence-electron chi connectivity index (χ4n) is 2.05. The lowest BCUT2D eigenvalue weighted by Crippen LogP contribution is -2.54. The van der Waals surface area contributed by atoms with Crippen molar-refractivity contribution in [3.05, 3.63) is 0 Å². The van der Waals surface area contributed by atoms with Crippen molar-refractivity contribution in [2.45, 2.75) is 77.4 Å². The first-order valence-corrected chi connectivity index (χ1v) is 13.2. The summed E-state index contributed by atoms with van der Waals surface area (Å²) < 4.78 is 5.22. The van der Waals surface area contributed by atoms with Gasteiger partial charge in [0.2, 0.25) is 11.8 Å². The number of ether oxygens (including phenoxy) is 1. The lowest BCUT2D eigenvalue weighted by Gasteiger charge is -2.23. The first kappa shape index (κ1) is 26.1. The zero-order valence-electron chi connectivity index (χ0n) is 17.7. The van der Waals surface area contributed by atoms with Crippen LogP contribution < -0.4 is 16.4 Å². The molecule has 0 radical (unpaired) electrons. The summed E-state index contributed by atoms with van der Waals surface area (Å²) in [6, 6.07) is -2.02. The Hall–Kier alpha value is -1.94. The van der Waals surface area contributed by atoms with E-state index in [0.29, 0.717) is 0 Å². The zero-order chi connectivity index (χ0) is 22.1. The number of esters is 1. The molecule has 9 nitrogen and oxygen atoms in total. The van der Waals surface area contributed by atoms with Gasteiger partial charge in [0.25, 0.3) is 0 Å². The van der Waals surface area contributed by atoms with Gasteiger partial charge in [-0.1, -0.05) is 33.5 Å². The van der Waals surface area contributed by atoms with Gasteiger partial charge in [0.05, 0.1) is 12.6 Å². The average molecular weight is 418 g/mol. The highest BCUT2D eigenvalue weighted by molar-refractivity contribution is 6.76. The predicted octanol–water partition coefficient (Wildman–Crippen LogP) is 0.705. The van der Waals surface area contributed by atoms with E-state index in [4.69, 9.17) is 15.6 Å². The van der Waals surface area contributed by atoms with E-state index in [-0.39, 0.29) is 25.4 Å². The van der Waals surface area contributed by atoms with Gasteiger partial charge in [-0.05, 0) is 25.3 Å². The summed E-state index contributed by atoms with van der Waals surface area (Å²) in [5.74, 6) is -2.94. The van der Waals surface area contributed by atoms with Crippen LogP contribution in [0.25, 0.3) is 0 Å². The molecule has 0 aromatic rings. The molecule has 0 saturated carbocycles. The van der Waals surface area contributed by atoms with Gasteiger partial charge in [-0.3, -0.25) is 14.4 Å². The number of hydrogen-bond donors (Lipinski definition) is 4. The minimum Gasteiger partial charge on any atom is -0.481 e. The van der Waals surface area contributed by atoms with Crippen molar-refractivity contribution in [3.63, 3.8) is 0 Å². The monoisotopic (exact) mass is 417 g/mol. The van der Waals surface area contributed by atoms with Crippen molar-refractivity contribution in [1.82, 2.24) is 10.6 Å². The highest BCUT2D eigenvalue weighted by atomic mass is 28.3. The van der Waals surface area contributed by atoms with E-state index in [1.165, 1.54) is 6.92 Å². The molecule has 0 saturated heterocycles. The number of nitrogens with two attached hydrogens (primary N) is 1. The second-order valence-corrected chi connectivity index (χ2v) is 14.1. The minimum atomic E-state index is -1.40. The summed E-state index contributed by atoms with van der Waals surface area (Å²) >= 11 is 0. The van der Waals surface area contributed by atoms with Crippen molar-refractivity contribution in [1.29, 1.82) is 0 Å². The molecule has 28 heavy (non-hydrogen) atoms. The fourth-order valence-corrected chi connectivity index (χ4v) is 2.76. The molecule has 0 heterocycles. The van der Waals surface area contributed by atoms with E-state index in [1.807, 2.05) is 0 Å². The Balaban J connectivity index is 4.87. The fraction of sp³-hybridized carbons (Fsp3) is 0.778. The molecule has 0 rings (SSSR count). The number of rotatable bonds is 12. The number of carboxylic acid groups (broad SMARTS) is 1. The van der Waals surface area contributed by atoms with Gasteiger partial charge in [0, 0.05) is 14.5 Å². The maximum Gasteiger partial charge on any atom is 0.328 e. The summed E-state index contributed by atoms with van der Waals surface area (Å²) in [4.78, 5) is 47.5. The first-order valence-electron chi connectivity index (χ1n) is 9.49. The molecule has 5 N–H and O–H groups in total. The maximum atomic E-state index is 12.3. The number of nitrogens with one attached hydrogen (secondary N) is 2. The average Bonchev–Trinajstić information content (AvgIpc) is 2.55. The van der Waals surface area contributed by atoms with Crippen LogP contribution in [0.2, 0.25) is 25.7 Å². The van der Waals surface area contributed by atoms with E-state index in [2.05, 4.69) is 30.3 Å². The molecule has 0 spiro atoms. The van der Waals surface area contributed by atoms with Gasteiger partial charge in [-0.25, -0.2) is 4.79 Å². The summed E-state index contributed by atoms with van der Waals surface area (Å²) in [5.41, 5.74) is 5.75. The van der Waals surface area contributed by atoms with Gasteiger partial charge in [0.1, 0.15) is 12.1 Å². The van der Waals surface area contributed by atoms with Crippen LogP contribution in [-0.2, 0) is 23.9 Å². The second-order valence-electron chi connectivity index (χ2n) is 8.47. The minimum absolute atomic E-state index is 0.0973. The lowest BCUT2D eigenvalue weighted by molar-refractivity contribution is -0.148. The smallest absolute Gasteiger partial charge is 0.328 e. The number of aliphatic carboxylic acids is 1. The molecule has 0 aromatic heterocycles. The van der Waals surface area contributed by atoms with Crippen molar-refractivity contribution >= 4 is 31.8 Å². The van der Waals surface area contributed by atoms with E-state index in [9.17, 15) is 19.2 Å². The van der Waals surface area contributed by atoms with Crippen LogP contribution in [0.5, 0.6) is 0 Å². The number of hydrogen-bond acceptors (Lipinski definition) is 6. The van der Waals surface area contributed by atoms with Crippen LogP contribution in [-0.4, -0.2) is 61.7 Å². The molecular formula is C18H35N3O6Si. The standard InChI is InChI=1S/C18H35N3O6Si/c1-11(2)15(19)17(25)20-12(3)16(24)21-13(7-8-14(22)23)18(26)27-9-10-28(4,5)6/h11-13,15H,7-10,19H2,1-6H3,(H,20,25)(H,21,24)(H,22,23). The van der Waals surface area contributed by atoms with Gasteiger partial charge in [-0.2, -0.15) is 0 Å². The van der Waals surface area contributed by atoms with Crippen LogP contribution in [0.4, 0.5) is 0 Å². The molecular weight excluding hydrogens is 382 g/mol. The summed E-state index contributed by atoms with van der Waals surface area (Å²) in [5, 5.41) is 13.8. The first-order chi connectivity index (χ1) is 12.7. The normalized spacial score (nSPS) is 14.7. The Bertz CT molecular complexity index is 562. The molecule has 0 aliphatic carbocycles. The van der Waals surface area contributed by atoms with E-state index >= 15 is 0 Å². The van der Waals surface area contributed by atoms with Crippen molar-refractivity contribution in [3.8, 4) is 0 Å². The molecule has 0 aromatic carbocycles. The van der Waals surface area contributed by atoms with E-state index in [1.54, 1.807) is 13.8 Å². The van der Waals surface area contributed by atoms with Crippen LogP contribution in [0.3, 0.4) is 0 Å².